The summed E-state index contributed by atoms with van der Waals surface area (Å²) in [6, 6.07) is 0.346. The van der Waals surface area contributed by atoms with Crippen LogP contribution >= 0.6 is 0 Å². The SMILES string of the molecule is CCC(N)CCOC1CC1. The Hall–Kier alpha value is -0.0800. The van der Waals surface area contributed by atoms with Gasteiger partial charge in [0.25, 0.3) is 0 Å². The number of rotatable bonds is 5. The summed E-state index contributed by atoms with van der Waals surface area (Å²) in [6.07, 6.45) is 5.20. The second kappa shape index (κ2) is 3.94. The lowest BCUT2D eigenvalue weighted by atomic mass is 10.2. The molecule has 2 nitrogen and oxygen atoms in total. The molecule has 2 heteroatoms. The average Bonchev–Trinajstić information content (AvgIpc) is 2.71. The van der Waals surface area contributed by atoms with E-state index in [1.54, 1.807) is 0 Å². The number of hydrogen-bond donors (Lipinski definition) is 1. The first-order valence-electron chi connectivity index (χ1n) is 4.20. The molecule has 0 spiro atoms. The molecule has 2 N–H and O–H groups in total. The molecule has 0 saturated heterocycles. The molecular formula is C8H17NO. The maximum absolute atomic E-state index is 5.70. The normalized spacial score (nSPS) is 21.0. The fourth-order valence-electron chi connectivity index (χ4n) is 0.825. The topological polar surface area (TPSA) is 35.2 Å². The average molecular weight is 143 g/mol. The zero-order valence-corrected chi connectivity index (χ0v) is 6.68. The molecule has 0 aromatic heterocycles. The van der Waals surface area contributed by atoms with E-state index in [1.807, 2.05) is 0 Å². The zero-order valence-electron chi connectivity index (χ0n) is 6.68. The molecule has 0 amide bonds. The van der Waals surface area contributed by atoms with Crippen LogP contribution in [0.25, 0.3) is 0 Å². The van der Waals surface area contributed by atoms with E-state index >= 15 is 0 Å². The Morgan fingerprint density at radius 3 is 2.80 bits per heavy atom. The smallest absolute Gasteiger partial charge is 0.0577 e. The summed E-state index contributed by atoms with van der Waals surface area (Å²) in [5.74, 6) is 0. The quantitative estimate of drug-likeness (QED) is 0.629. The highest BCUT2D eigenvalue weighted by Crippen LogP contribution is 2.23. The van der Waals surface area contributed by atoms with Crippen LogP contribution in [0.1, 0.15) is 32.6 Å². The predicted octanol–water partition coefficient (Wildman–Crippen LogP) is 1.29. The first-order chi connectivity index (χ1) is 4.83. The molecule has 1 fully saturated rings. The molecule has 1 atom stereocenters. The standard InChI is InChI=1S/C8H17NO/c1-2-7(9)5-6-10-8-3-4-8/h7-8H,2-6,9H2,1H3. The summed E-state index contributed by atoms with van der Waals surface area (Å²) in [4.78, 5) is 0. The Morgan fingerprint density at radius 1 is 1.60 bits per heavy atom. The molecule has 0 aromatic rings. The van der Waals surface area contributed by atoms with Crippen molar-refractivity contribution in [2.45, 2.75) is 44.8 Å². The lowest BCUT2D eigenvalue weighted by Crippen LogP contribution is -2.20. The zero-order chi connectivity index (χ0) is 7.40. The summed E-state index contributed by atoms with van der Waals surface area (Å²) in [7, 11) is 0. The third-order valence-corrected chi connectivity index (χ3v) is 1.89. The van der Waals surface area contributed by atoms with E-state index in [-0.39, 0.29) is 0 Å². The Bertz CT molecular complexity index is 91.3. The Labute approximate surface area is 62.7 Å². The van der Waals surface area contributed by atoms with Gasteiger partial charge in [-0.15, -0.1) is 0 Å². The van der Waals surface area contributed by atoms with Crippen molar-refractivity contribution in [3.63, 3.8) is 0 Å². The van der Waals surface area contributed by atoms with Crippen molar-refractivity contribution in [1.82, 2.24) is 0 Å². The highest BCUT2D eigenvalue weighted by Gasteiger charge is 2.21. The molecule has 0 aromatic carbocycles. The van der Waals surface area contributed by atoms with Crippen LogP contribution in [-0.2, 0) is 4.74 Å². The summed E-state index contributed by atoms with van der Waals surface area (Å²) < 4.78 is 5.45. The van der Waals surface area contributed by atoms with Crippen LogP contribution in [0.3, 0.4) is 0 Å². The van der Waals surface area contributed by atoms with E-state index in [0.717, 1.165) is 19.4 Å². The first-order valence-corrected chi connectivity index (χ1v) is 4.20. The van der Waals surface area contributed by atoms with Gasteiger partial charge in [0.1, 0.15) is 0 Å². The van der Waals surface area contributed by atoms with Gasteiger partial charge in [-0.3, -0.25) is 0 Å². The molecule has 0 aliphatic heterocycles. The van der Waals surface area contributed by atoms with Gasteiger partial charge in [-0.05, 0) is 25.7 Å². The molecule has 0 heterocycles. The van der Waals surface area contributed by atoms with Gasteiger partial charge in [-0.1, -0.05) is 6.92 Å². The van der Waals surface area contributed by atoms with Crippen LogP contribution in [0.5, 0.6) is 0 Å². The molecule has 0 bridgehead atoms. The van der Waals surface area contributed by atoms with E-state index in [9.17, 15) is 0 Å². The largest absolute Gasteiger partial charge is 0.378 e. The fourth-order valence-corrected chi connectivity index (χ4v) is 0.825. The van der Waals surface area contributed by atoms with Crippen molar-refractivity contribution in [3.8, 4) is 0 Å². The van der Waals surface area contributed by atoms with Gasteiger partial charge < -0.3 is 10.5 Å². The lowest BCUT2D eigenvalue weighted by molar-refractivity contribution is 0.112. The Kier molecular flexibility index (Phi) is 3.16. The van der Waals surface area contributed by atoms with Gasteiger partial charge in [0.05, 0.1) is 6.10 Å². The van der Waals surface area contributed by atoms with Crippen LogP contribution in [0.2, 0.25) is 0 Å². The molecule has 1 saturated carbocycles. The molecule has 60 valence electrons. The van der Waals surface area contributed by atoms with Crippen LogP contribution in [0.15, 0.2) is 0 Å². The predicted molar refractivity (Wildman–Crippen MR) is 41.9 cm³/mol. The van der Waals surface area contributed by atoms with Crippen molar-refractivity contribution < 1.29 is 4.74 Å². The first kappa shape index (κ1) is 8.02. The molecule has 1 aliphatic carbocycles. The highest BCUT2D eigenvalue weighted by molar-refractivity contribution is 4.73. The summed E-state index contributed by atoms with van der Waals surface area (Å²) in [6.45, 7) is 2.97. The molecule has 0 radical (unpaired) electrons. The highest BCUT2D eigenvalue weighted by atomic mass is 16.5. The molecular weight excluding hydrogens is 126 g/mol. The second-order valence-electron chi connectivity index (χ2n) is 3.03. The Balaban J connectivity index is 1.83. The van der Waals surface area contributed by atoms with Gasteiger partial charge in [0.15, 0.2) is 0 Å². The minimum atomic E-state index is 0.346. The van der Waals surface area contributed by atoms with Crippen molar-refractivity contribution in [1.29, 1.82) is 0 Å². The second-order valence-corrected chi connectivity index (χ2v) is 3.03. The molecule has 10 heavy (non-hydrogen) atoms. The van der Waals surface area contributed by atoms with E-state index in [0.29, 0.717) is 12.1 Å². The minimum Gasteiger partial charge on any atom is -0.378 e. The number of ether oxygens (including phenoxy) is 1. The maximum Gasteiger partial charge on any atom is 0.0577 e. The summed E-state index contributed by atoms with van der Waals surface area (Å²) >= 11 is 0. The van der Waals surface area contributed by atoms with Crippen molar-refractivity contribution in [3.05, 3.63) is 0 Å². The fraction of sp³-hybridized carbons (Fsp3) is 1.00. The maximum atomic E-state index is 5.70. The van der Waals surface area contributed by atoms with Crippen LogP contribution in [0, 0.1) is 0 Å². The third-order valence-electron chi connectivity index (χ3n) is 1.89. The van der Waals surface area contributed by atoms with Crippen molar-refractivity contribution in [2.24, 2.45) is 5.73 Å². The van der Waals surface area contributed by atoms with Gasteiger partial charge >= 0.3 is 0 Å². The van der Waals surface area contributed by atoms with E-state index in [2.05, 4.69) is 6.92 Å². The summed E-state index contributed by atoms with van der Waals surface area (Å²) in [5.41, 5.74) is 5.70. The van der Waals surface area contributed by atoms with Gasteiger partial charge in [0, 0.05) is 12.6 Å². The van der Waals surface area contributed by atoms with Crippen molar-refractivity contribution in [2.75, 3.05) is 6.61 Å². The number of hydrogen-bond acceptors (Lipinski definition) is 2. The number of nitrogens with two attached hydrogens (primary N) is 1. The van der Waals surface area contributed by atoms with Crippen LogP contribution < -0.4 is 5.73 Å². The van der Waals surface area contributed by atoms with Gasteiger partial charge in [-0.25, -0.2) is 0 Å². The minimum absolute atomic E-state index is 0.346. The molecule has 1 unspecified atom stereocenters. The van der Waals surface area contributed by atoms with E-state index < -0.39 is 0 Å². The van der Waals surface area contributed by atoms with Gasteiger partial charge in [-0.2, -0.15) is 0 Å². The summed E-state index contributed by atoms with van der Waals surface area (Å²) in [5, 5.41) is 0. The van der Waals surface area contributed by atoms with E-state index in [1.165, 1.54) is 12.8 Å². The van der Waals surface area contributed by atoms with Gasteiger partial charge in [0.2, 0.25) is 0 Å². The molecule has 1 aliphatic rings. The van der Waals surface area contributed by atoms with E-state index in [4.69, 9.17) is 10.5 Å². The Morgan fingerprint density at radius 2 is 2.30 bits per heavy atom. The third kappa shape index (κ3) is 3.18. The van der Waals surface area contributed by atoms with Crippen molar-refractivity contribution >= 4 is 0 Å². The lowest BCUT2D eigenvalue weighted by Gasteiger charge is -2.07. The monoisotopic (exact) mass is 143 g/mol. The van der Waals surface area contributed by atoms with Crippen LogP contribution in [0.4, 0.5) is 0 Å². The molecule has 1 rings (SSSR count). The van der Waals surface area contributed by atoms with Crippen LogP contribution in [-0.4, -0.2) is 18.8 Å².